The van der Waals surface area contributed by atoms with Crippen molar-refractivity contribution in [2.24, 2.45) is 5.41 Å². The summed E-state index contributed by atoms with van der Waals surface area (Å²) in [5, 5.41) is 18.4. The smallest absolute Gasteiger partial charge is 0.0558 e. The Balaban J connectivity index is 2.49. The second-order valence-electron chi connectivity index (χ2n) is 4.41. The summed E-state index contributed by atoms with van der Waals surface area (Å²) in [7, 11) is 0. The van der Waals surface area contributed by atoms with Gasteiger partial charge in [-0.2, -0.15) is 0 Å². The molecule has 4 nitrogen and oxygen atoms in total. The van der Waals surface area contributed by atoms with E-state index in [9.17, 15) is 5.11 Å². The van der Waals surface area contributed by atoms with Gasteiger partial charge in [-0.15, -0.1) is 0 Å². The molecule has 1 unspecified atom stereocenters. The molecular weight excluding hydrogens is 194 g/mol. The summed E-state index contributed by atoms with van der Waals surface area (Å²) in [4.78, 5) is 2.17. The number of aliphatic hydroxyl groups excluding tert-OH is 2. The van der Waals surface area contributed by atoms with Crippen molar-refractivity contribution in [3.05, 3.63) is 0 Å². The van der Waals surface area contributed by atoms with Crippen LogP contribution >= 0.6 is 0 Å². The Kier molecular flexibility index (Phi) is 5.53. The summed E-state index contributed by atoms with van der Waals surface area (Å²) in [5.74, 6) is 0. The van der Waals surface area contributed by atoms with Crippen molar-refractivity contribution in [2.45, 2.75) is 19.8 Å². The Morgan fingerprint density at radius 2 is 2.20 bits per heavy atom. The molecule has 90 valence electrons. The monoisotopic (exact) mass is 217 g/mol. The van der Waals surface area contributed by atoms with E-state index in [0.29, 0.717) is 13.2 Å². The van der Waals surface area contributed by atoms with Gasteiger partial charge in [0.2, 0.25) is 0 Å². The van der Waals surface area contributed by atoms with Crippen molar-refractivity contribution in [3.63, 3.8) is 0 Å². The number of nitrogens with zero attached hydrogens (tertiary/aromatic N) is 1. The van der Waals surface area contributed by atoms with Crippen molar-refractivity contribution in [3.8, 4) is 0 Å². The molecule has 1 heterocycles. The minimum Gasteiger partial charge on any atom is -0.396 e. The van der Waals surface area contributed by atoms with E-state index in [1.54, 1.807) is 0 Å². The molecule has 15 heavy (non-hydrogen) atoms. The van der Waals surface area contributed by atoms with Gasteiger partial charge in [0.05, 0.1) is 19.8 Å². The highest BCUT2D eigenvalue weighted by atomic mass is 16.5. The fraction of sp³-hybridized carbons (Fsp3) is 1.00. The molecule has 0 aromatic heterocycles. The number of rotatable bonds is 6. The fourth-order valence-electron chi connectivity index (χ4n) is 2.17. The average Bonchev–Trinajstić information content (AvgIpc) is 2.30. The fourth-order valence-corrected chi connectivity index (χ4v) is 2.17. The molecule has 1 rings (SSSR count). The molecule has 1 fully saturated rings. The van der Waals surface area contributed by atoms with E-state index < -0.39 is 0 Å². The second-order valence-corrected chi connectivity index (χ2v) is 4.41. The summed E-state index contributed by atoms with van der Waals surface area (Å²) in [6.45, 7) is 6.29. The van der Waals surface area contributed by atoms with E-state index >= 15 is 0 Å². The zero-order chi connectivity index (χ0) is 11.1. The largest absolute Gasteiger partial charge is 0.396 e. The lowest BCUT2D eigenvalue weighted by molar-refractivity contribution is -0.0560. The van der Waals surface area contributed by atoms with E-state index in [1.165, 1.54) is 0 Å². The van der Waals surface area contributed by atoms with Crippen molar-refractivity contribution < 1.29 is 14.9 Å². The van der Waals surface area contributed by atoms with Crippen LogP contribution in [0.3, 0.4) is 0 Å². The zero-order valence-electron chi connectivity index (χ0n) is 9.61. The summed E-state index contributed by atoms with van der Waals surface area (Å²) >= 11 is 0. The number of aliphatic hydroxyl groups is 2. The van der Waals surface area contributed by atoms with Gasteiger partial charge in [0.25, 0.3) is 0 Å². The van der Waals surface area contributed by atoms with Crippen LogP contribution in [-0.2, 0) is 4.74 Å². The molecule has 1 saturated heterocycles. The Morgan fingerprint density at radius 3 is 2.67 bits per heavy atom. The van der Waals surface area contributed by atoms with Crippen LogP contribution in [0.15, 0.2) is 0 Å². The third kappa shape index (κ3) is 3.72. The van der Waals surface area contributed by atoms with Crippen molar-refractivity contribution >= 4 is 0 Å². The third-order valence-electron chi connectivity index (χ3n) is 3.16. The minimum absolute atomic E-state index is 0.108. The molecule has 0 spiro atoms. The lowest BCUT2D eigenvalue weighted by Crippen LogP contribution is -2.46. The Labute approximate surface area is 91.8 Å². The van der Waals surface area contributed by atoms with Crippen LogP contribution in [0.25, 0.3) is 0 Å². The highest BCUT2D eigenvalue weighted by Gasteiger charge is 2.33. The molecule has 1 aliphatic rings. The Hall–Kier alpha value is -0.160. The predicted molar refractivity (Wildman–Crippen MR) is 58.8 cm³/mol. The Morgan fingerprint density at radius 1 is 1.40 bits per heavy atom. The first-order chi connectivity index (χ1) is 7.26. The van der Waals surface area contributed by atoms with Gasteiger partial charge in [-0.1, -0.05) is 6.92 Å². The van der Waals surface area contributed by atoms with E-state index in [-0.39, 0.29) is 18.6 Å². The van der Waals surface area contributed by atoms with E-state index in [1.807, 2.05) is 0 Å². The predicted octanol–water partition coefficient (Wildman–Crippen LogP) is 0.0897. The average molecular weight is 217 g/mol. The maximum absolute atomic E-state index is 9.48. The molecule has 0 amide bonds. The highest BCUT2D eigenvalue weighted by Crippen LogP contribution is 2.28. The van der Waals surface area contributed by atoms with Gasteiger partial charge in [-0.3, -0.25) is 0 Å². The van der Waals surface area contributed by atoms with Crippen molar-refractivity contribution in [2.75, 3.05) is 46.1 Å². The van der Waals surface area contributed by atoms with Gasteiger partial charge >= 0.3 is 0 Å². The van der Waals surface area contributed by atoms with Gasteiger partial charge in [0, 0.05) is 25.1 Å². The molecule has 0 aromatic carbocycles. The van der Waals surface area contributed by atoms with Gasteiger partial charge in [0.15, 0.2) is 0 Å². The van der Waals surface area contributed by atoms with Crippen molar-refractivity contribution in [1.29, 1.82) is 0 Å². The normalized spacial score (nSPS) is 27.2. The van der Waals surface area contributed by atoms with Crippen LogP contribution in [-0.4, -0.2) is 61.2 Å². The second kappa shape index (κ2) is 6.43. The number of hydrogen-bond acceptors (Lipinski definition) is 4. The quantitative estimate of drug-likeness (QED) is 0.662. The molecule has 2 N–H and O–H groups in total. The van der Waals surface area contributed by atoms with Gasteiger partial charge in [-0.25, -0.2) is 0 Å². The molecule has 1 aliphatic heterocycles. The van der Waals surface area contributed by atoms with Crippen LogP contribution in [0.2, 0.25) is 0 Å². The molecule has 1 atom stereocenters. The molecule has 0 aliphatic carbocycles. The summed E-state index contributed by atoms with van der Waals surface area (Å²) in [6, 6.07) is 0. The van der Waals surface area contributed by atoms with Crippen LogP contribution < -0.4 is 0 Å². The SMILES string of the molecule is CCN(CCO)CC1(CO)CCCOC1. The topological polar surface area (TPSA) is 52.9 Å². The molecule has 4 heteroatoms. The number of hydrogen-bond donors (Lipinski definition) is 2. The van der Waals surface area contributed by atoms with Crippen LogP contribution in [0.1, 0.15) is 19.8 Å². The molecular formula is C11H23NO3. The first-order valence-corrected chi connectivity index (χ1v) is 5.78. The maximum atomic E-state index is 9.48. The molecule has 0 bridgehead atoms. The van der Waals surface area contributed by atoms with Gasteiger partial charge < -0.3 is 19.8 Å². The van der Waals surface area contributed by atoms with Crippen LogP contribution in [0.4, 0.5) is 0 Å². The third-order valence-corrected chi connectivity index (χ3v) is 3.16. The van der Waals surface area contributed by atoms with Gasteiger partial charge in [0.1, 0.15) is 0 Å². The minimum atomic E-state index is -0.108. The standard InChI is InChI=1S/C11H23NO3/c1-2-12(5-6-13)8-11(9-14)4-3-7-15-10-11/h13-14H,2-10H2,1H3. The molecule has 0 radical (unpaired) electrons. The van der Waals surface area contributed by atoms with Crippen molar-refractivity contribution in [1.82, 2.24) is 4.90 Å². The lowest BCUT2D eigenvalue weighted by atomic mass is 9.83. The first-order valence-electron chi connectivity index (χ1n) is 5.78. The summed E-state index contributed by atoms with van der Waals surface area (Å²) in [6.07, 6.45) is 2.04. The highest BCUT2D eigenvalue weighted by molar-refractivity contribution is 4.84. The Bertz CT molecular complexity index is 169. The molecule has 0 aromatic rings. The number of ether oxygens (including phenoxy) is 1. The van der Waals surface area contributed by atoms with E-state index in [0.717, 1.165) is 32.5 Å². The van der Waals surface area contributed by atoms with Crippen LogP contribution in [0.5, 0.6) is 0 Å². The summed E-state index contributed by atoms with van der Waals surface area (Å²) < 4.78 is 5.45. The van der Waals surface area contributed by atoms with E-state index in [4.69, 9.17) is 9.84 Å². The van der Waals surface area contributed by atoms with Gasteiger partial charge in [-0.05, 0) is 19.4 Å². The van der Waals surface area contributed by atoms with E-state index in [2.05, 4.69) is 11.8 Å². The zero-order valence-corrected chi connectivity index (χ0v) is 9.61. The van der Waals surface area contributed by atoms with Crippen LogP contribution in [0, 0.1) is 5.41 Å². The number of likely N-dealkylation sites (N-methyl/N-ethyl adjacent to an activating group) is 1. The molecule has 0 saturated carbocycles. The maximum Gasteiger partial charge on any atom is 0.0558 e. The summed E-state index contributed by atoms with van der Waals surface area (Å²) in [5.41, 5.74) is -0.108. The lowest BCUT2D eigenvalue weighted by Gasteiger charge is -2.39. The first kappa shape index (κ1) is 12.9.